The van der Waals surface area contributed by atoms with Crippen LogP contribution < -0.4 is 0 Å². The second-order valence-corrected chi connectivity index (χ2v) is 7.45. The number of ether oxygens (including phenoxy) is 1. The fourth-order valence-corrected chi connectivity index (χ4v) is 3.25. The Morgan fingerprint density at radius 3 is 2.80 bits per heavy atom. The summed E-state index contributed by atoms with van der Waals surface area (Å²) in [5.41, 5.74) is 0.985. The van der Waals surface area contributed by atoms with E-state index in [0.717, 1.165) is 5.56 Å². The van der Waals surface area contributed by atoms with Crippen molar-refractivity contribution in [3.8, 4) is 0 Å². The lowest BCUT2D eigenvalue weighted by atomic mass is 9.85. The lowest BCUT2D eigenvalue weighted by Crippen LogP contribution is -2.47. The summed E-state index contributed by atoms with van der Waals surface area (Å²) in [6.45, 7) is 6.11. The van der Waals surface area contributed by atoms with Crippen LogP contribution >= 0.6 is 0 Å². The van der Waals surface area contributed by atoms with Crippen LogP contribution in [0.4, 0.5) is 9.18 Å². The van der Waals surface area contributed by atoms with Crippen molar-refractivity contribution in [2.45, 2.75) is 44.8 Å². The predicted octanol–water partition coefficient (Wildman–Crippen LogP) is 3.46. The Balaban J connectivity index is 1.81. The molecule has 3 rings (SSSR count). The van der Waals surface area contributed by atoms with E-state index in [-0.39, 0.29) is 18.3 Å². The zero-order chi connectivity index (χ0) is 18.2. The van der Waals surface area contributed by atoms with Gasteiger partial charge in [0.05, 0.1) is 18.2 Å². The number of benzene rings is 1. The highest BCUT2D eigenvalue weighted by Crippen LogP contribution is 2.33. The number of hydrogen-bond donors (Lipinski definition) is 1. The summed E-state index contributed by atoms with van der Waals surface area (Å²) in [4.78, 5) is 18.0. The average Bonchev–Trinajstić information content (AvgIpc) is 2.53. The number of aliphatic hydroxyl groups is 1. The van der Waals surface area contributed by atoms with E-state index in [1.54, 1.807) is 12.3 Å². The van der Waals surface area contributed by atoms with Gasteiger partial charge in [-0.15, -0.1) is 0 Å². The van der Waals surface area contributed by atoms with Crippen LogP contribution in [0.3, 0.4) is 0 Å². The minimum absolute atomic E-state index is 0.175. The molecule has 1 saturated heterocycles. The second kappa shape index (κ2) is 6.59. The molecule has 0 radical (unpaired) electrons. The van der Waals surface area contributed by atoms with Crippen molar-refractivity contribution in [2.24, 2.45) is 0 Å². The maximum atomic E-state index is 13.6. The highest BCUT2D eigenvalue weighted by Gasteiger charge is 2.34. The first-order valence-corrected chi connectivity index (χ1v) is 8.45. The monoisotopic (exact) mass is 346 g/mol. The van der Waals surface area contributed by atoms with E-state index in [4.69, 9.17) is 4.74 Å². The number of rotatable bonds is 1. The molecule has 6 heteroatoms. The van der Waals surface area contributed by atoms with Gasteiger partial charge in [-0.2, -0.15) is 0 Å². The minimum Gasteiger partial charge on any atom is -0.444 e. The number of aliphatic hydroxyl groups excluding tert-OH is 1. The number of carbonyl (C=O) groups excluding carboxylic acids is 1. The highest BCUT2D eigenvalue weighted by atomic mass is 19.1. The standard InChI is InChI=1S/C19H23FN2O3/c1-19(2,3)25-18(24)22-9-7-14(17(23)11-22)13-6-8-21-16-5-4-12(20)10-15(13)16/h4-6,8,10,14,17,23H,7,9,11H2,1-3H3/t14-,17+/m0/s1. The number of carbonyl (C=O) groups is 1. The number of fused-ring (bicyclic) bond motifs is 1. The molecule has 1 aromatic carbocycles. The number of nitrogens with zero attached hydrogens (tertiary/aromatic N) is 2. The number of pyridine rings is 1. The second-order valence-electron chi connectivity index (χ2n) is 7.45. The molecule has 1 N–H and O–H groups in total. The molecule has 1 fully saturated rings. The number of halogens is 1. The summed E-state index contributed by atoms with van der Waals surface area (Å²) in [6.07, 6.45) is 1.09. The molecule has 134 valence electrons. The first kappa shape index (κ1) is 17.6. The first-order chi connectivity index (χ1) is 11.7. The van der Waals surface area contributed by atoms with Gasteiger partial charge < -0.3 is 14.7 Å². The largest absolute Gasteiger partial charge is 0.444 e. The van der Waals surface area contributed by atoms with Crippen molar-refractivity contribution < 1.29 is 19.0 Å². The third-order valence-corrected chi connectivity index (χ3v) is 4.37. The van der Waals surface area contributed by atoms with Gasteiger partial charge in [0.25, 0.3) is 0 Å². The topological polar surface area (TPSA) is 62.7 Å². The molecule has 0 aliphatic carbocycles. The van der Waals surface area contributed by atoms with E-state index in [2.05, 4.69) is 4.98 Å². The van der Waals surface area contributed by atoms with Gasteiger partial charge in [-0.3, -0.25) is 4.98 Å². The van der Waals surface area contributed by atoms with Crippen molar-refractivity contribution in [2.75, 3.05) is 13.1 Å². The summed E-state index contributed by atoms with van der Waals surface area (Å²) >= 11 is 0. The third kappa shape index (κ3) is 3.90. The quantitative estimate of drug-likeness (QED) is 0.859. The van der Waals surface area contributed by atoms with Crippen LogP contribution in [0.25, 0.3) is 10.9 Å². The lowest BCUT2D eigenvalue weighted by molar-refractivity contribution is -0.00139. The van der Waals surface area contributed by atoms with Crippen LogP contribution in [0.1, 0.15) is 38.7 Å². The molecule has 1 aliphatic rings. The van der Waals surface area contributed by atoms with Crippen LogP contribution in [-0.2, 0) is 4.74 Å². The number of piperidine rings is 1. The minimum atomic E-state index is -0.741. The average molecular weight is 346 g/mol. The van der Waals surface area contributed by atoms with Crippen molar-refractivity contribution in [3.63, 3.8) is 0 Å². The number of likely N-dealkylation sites (tertiary alicyclic amines) is 1. The Hall–Kier alpha value is -2.21. The molecule has 1 amide bonds. The molecular formula is C19H23FN2O3. The van der Waals surface area contributed by atoms with Crippen LogP contribution in [0.15, 0.2) is 30.5 Å². The molecule has 0 spiro atoms. The summed E-state index contributed by atoms with van der Waals surface area (Å²) in [6, 6.07) is 6.28. The molecule has 5 nitrogen and oxygen atoms in total. The van der Waals surface area contributed by atoms with Gasteiger partial charge >= 0.3 is 6.09 Å². The van der Waals surface area contributed by atoms with E-state index in [1.165, 1.54) is 17.0 Å². The van der Waals surface area contributed by atoms with Gasteiger partial charge in [0.2, 0.25) is 0 Å². The van der Waals surface area contributed by atoms with E-state index in [1.807, 2.05) is 26.8 Å². The molecule has 2 aromatic rings. The van der Waals surface area contributed by atoms with Gasteiger partial charge in [-0.25, -0.2) is 9.18 Å². The Labute approximate surface area is 146 Å². The fourth-order valence-electron chi connectivity index (χ4n) is 3.25. The highest BCUT2D eigenvalue weighted by molar-refractivity contribution is 5.82. The number of aromatic nitrogens is 1. The zero-order valence-corrected chi connectivity index (χ0v) is 14.7. The van der Waals surface area contributed by atoms with Gasteiger partial charge in [-0.05, 0) is 57.0 Å². The third-order valence-electron chi connectivity index (χ3n) is 4.37. The molecule has 1 aromatic heterocycles. The molecular weight excluding hydrogens is 323 g/mol. The number of hydrogen-bond acceptors (Lipinski definition) is 4. The van der Waals surface area contributed by atoms with Crippen LogP contribution in [0.2, 0.25) is 0 Å². The maximum Gasteiger partial charge on any atom is 0.410 e. The Morgan fingerprint density at radius 2 is 2.12 bits per heavy atom. The number of amides is 1. The van der Waals surface area contributed by atoms with E-state index in [0.29, 0.717) is 23.9 Å². The summed E-state index contributed by atoms with van der Waals surface area (Å²) < 4.78 is 19.0. The number of β-amino-alcohol motifs (C(OH)–C–C–N with tert-alkyl or cyclic N) is 1. The lowest BCUT2D eigenvalue weighted by Gasteiger charge is -2.37. The van der Waals surface area contributed by atoms with Crippen molar-refractivity contribution in [1.82, 2.24) is 9.88 Å². The van der Waals surface area contributed by atoms with Gasteiger partial charge in [0.15, 0.2) is 0 Å². The molecule has 0 unspecified atom stereocenters. The van der Waals surface area contributed by atoms with Crippen LogP contribution in [0.5, 0.6) is 0 Å². The molecule has 25 heavy (non-hydrogen) atoms. The zero-order valence-electron chi connectivity index (χ0n) is 14.7. The van der Waals surface area contributed by atoms with Gasteiger partial charge in [-0.1, -0.05) is 0 Å². The van der Waals surface area contributed by atoms with Gasteiger partial charge in [0.1, 0.15) is 11.4 Å². The van der Waals surface area contributed by atoms with E-state index in [9.17, 15) is 14.3 Å². The van der Waals surface area contributed by atoms with Crippen LogP contribution in [0, 0.1) is 5.82 Å². The Kier molecular flexibility index (Phi) is 4.64. The van der Waals surface area contributed by atoms with Crippen molar-refractivity contribution in [1.29, 1.82) is 0 Å². The molecule has 2 atom stereocenters. The summed E-state index contributed by atoms with van der Waals surface area (Å²) in [7, 11) is 0. The normalized spacial score (nSPS) is 21.4. The smallest absolute Gasteiger partial charge is 0.410 e. The molecule has 2 heterocycles. The fraction of sp³-hybridized carbons (Fsp3) is 0.474. The molecule has 1 aliphatic heterocycles. The Bertz CT molecular complexity index is 788. The molecule has 0 saturated carbocycles. The predicted molar refractivity (Wildman–Crippen MR) is 92.9 cm³/mol. The summed E-state index contributed by atoms with van der Waals surface area (Å²) in [5.74, 6) is -0.506. The first-order valence-electron chi connectivity index (χ1n) is 8.45. The Morgan fingerprint density at radius 1 is 1.36 bits per heavy atom. The van der Waals surface area contributed by atoms with Crippen molar-refractivity contribution in [3.05, 3.63) is 41.8 Å². The molecule has 0 bridgehead atoms. The van der Waals surface area contributed by atoms with Gasteiger partial charge in [0, 0.05) is 24.0 Å². The van der Waals surface area contributed by atoms with Crippen molar-refractivity contribution >= 4 is 17.0 Å². The van der Waals surface area contributed by atoms with Crippen LogP contribution in [-0.4, -0.2) is 45.9 Å². The van der Waals surface area contributed by atoms with E-state index < -0.39 is 17.8 Å². The van der Waals surface area contributed by atoms with E-state index >= 15 is 0 Å². The summed E-state index contributed by atoms with van der Waals surface area (Å²) in [5, 5.41) is 11.3. The maximum absolute atomic E-state index is 13.6. The SMILES string of the molecule is CC(C)(C)OC(=O)N1CC[C@@H](c2ccnc3ccc(F)cc23)[C@H](O)C1.